The highest BCUT2D eigenvalue weighted by atomic mass is 19.3. The Morgan fingerprint density at radius 2 is 1.79 bits per heavy atom. The minimum absolute atomic E-state index is 0.00797. The lowest BCUT2D eigenvalue weighted by Crippen LogP contribution is -2.39. The zero-order valence-corrected chi connectivity index (χ0v) is 20.2. The molecule has 2 N–H and O–H groups in total. The fourth-order valence-electron chi connectivity index (χ4n) is 5.09. The average molecular weight is 523 g/mol. The van der Waals surface area contributed by atoms with Gasteiger partial charge in [-0.2, -0.15) is 0 Å². The third-order valence-electron chi connectivity index (χ3n) is 7.21. The van der Waals surface area contributed by atoms with Gasteiger partial charge in [0.15, 0.2) is 11.5 Å². The number of nitrogens with one attached hydrogen (secondary N) is 1. The molecule has 2 atom stereocenters. The van der Waals surface area contributed by atoms with Crippen LogP contribution < -0.4 is 19.5 Å². The number of amides is 1. The van der Waals surface area contributed by atoms with Gasteiger partial charge in [-0.1, -0.05) is 18.2 Å². The molecule has 3 aromatic rings. The molecule has 10 heteroatoms. The van der Waals surface area contributed by atoms with Crippen molar-refractivity contribution in [3.8, 4) is 23.0 Å². The van der Waals surface area contributed by atoms with Crippen molar-refractivity contribution < 1.29 is 42.4 Å². The van der Waals surface area contributed by atoms with Gasteiger partial charge in [-0.25, -0.2) is 4.79 Å². The Hall–Kier alpha value is -4.34. The summed E-state index contributed by atoms with van der Waals surface area (Å²) in [6.07, 6.45) is -2.81. The third-order valence-corrected chi connectivity index (χ3v) is 7.21. The second kappa shape index (κ2) is 8.61. The van der Waals surface area contributed by atoms with E-state index in [1.54, 1.807) is 30.3 Å². The monoisotopic (exact) mass is 523 g/mol. The topological polar surface area (TPSA) is 103 Å². The average Bonchev–Trinajstić information content (AvgIpc) is 3.65. The standard InChI is InChI=1S/C28H23F2NO7/c1-35-25(33)16-4-2-3-15(11-16)22-14-20(19-7-6-18(32)13-23(19)36-22)31-26(34)27(9-10-27)17-5-8-21-24(12-17)38-28(29,30)37-21/h2-8,11-13,20,22,32H,9-10,14H2,1H3,(H,31,34)/t20-,22-/m1/s1. The predicted molar refractivity (Wildman–Crippen MR) is 128 cm³/mol. The summed E-state index contributed by atoms with van der Waals surface area (Å²) in [4.78, 5) is 25.7. The summed E-state index contributed by atoms with van der Waals surface area (Å²) in [5.74, 6) is -0.508. The number of fused-ring (bicyclic) bond motifs is 2. The first-order chi connectivity index (χ1) is 18.2. The van der Waals surface area contributed by atoms with Crippen molar-refractivity contribution in [2.45, 2.75) is 43.1 Å². The van der Waals surface area contributed by atoms with Crippen LogP contribution in [0.1, 0.15) is 58.5 Å². The van der Waals surface area contributed by atoms with E-state index in [1.807, 2.05) is 6.07 Å². The molecule has 1 saturated carbocycles. The molecule has 1 aliphatic carbocycles. The molecule has 0 radical (unpaired) electrons. The maximum absolute atomic E-state index is 13.6. The van der Waals surface area contributed by atoms with Crippen LogP contribution in [0.3, 0.4) is 0 Å². The smallest absolute Gasteiger partial charge is 0.508 e. The van der Waals surface area contributed by atoms with Crippen LogP contribution in [-0.4, -0.2) is 30.4 Å². The van der Waals surface area contributed by atoms with E-state index in [0.29, 0.717) is 47.3 Å². The van der Waals surface area contributed by atoms with Gasteiger partial charge in [0.05, 0.1) is 24.1 Å². The summed E-state index contributed by atoms with van der Waals surface area (Å²) in [5, 5.41) is 13.2. The molecule has 3 aromatic carbocycles. The fourth-order valence-corrected chi connectivity index (χ4v) is 5.09. The molecule has 8 nitrogen and oxygen atoms in total. The van der Waals surface area contributed by atoms with Gasteiger partial charge in [-0.05, 0) is 60.4 Å². The summed E-state index contributed by atoms with van der Waals surface area (Å²) in [6, 6.07) is 15.5. The number of hydrogen-bond donors (Lipinski definition) is 2. The van der Waals surface area contributed by atoms with Crippen LogP contribution in [-0.2, 0) is 14.9 Å². The van der Waals surface area contributed by atoms with Gasteiger partial charge in [-0.3, -0.25) is 4.79 Å². The molecule has 2 aliphatic heterocycles. The Morgan fingerprint density at radius 1 is 1.00 bits per heavy atom. The predicted octanol–water partition coefficient (Wildman–Crippen LogP) is 4.91. The molecular weight excluding hydrogens is 500 g/mol. The van der Waals surface area contributed by atoms with Crippen molar-refractivity contribution >= 4 is 11.9 Å². The largest absolute Gasteiger partial charge is 0.586 e. The zero-order valence-electron chi connectivity index (χ0n) is 20.2. The summed E-state index contributed by atoms with van der Waals surface area (Å²) < 4.78 is 47.1. The van der Waals surface area contributed by atoms with Crippen LogP contribution in [0.5, 0.6) is 23.0 Å². The van der Waals surface area contributed by atoms with E-state index in [9.17, 15) is 23.5 Å². The summed E-state index contributed by atoms with van der Waals surface area (Å²) in [6.45, 7) is 0. The van der Waals surface area contributed by atoms with Gasteiger partial charge in [-0.15, -0.1) is 8.78 Å². The Morgan fingerprint density at radius 3 is 2.55 bits per heavy atom. The lowest BCUT2D eigenvalue weighted by Gasteiger charge is -2.34. The molecule has 6 rings (SSSR count). The fraction of sp³-hybridized carbons (Fsp3) is 0.286. The van der Waals surface area contributed by atoms with Crippen LogP contribution in [0, 0.1) is 0 Å². The van der Waals surface area contributed by atoms with E-state index in [0.717, 1.165) is 0 Å². The van der Waals surface area contributed by atoms with E-state index in [4.69, 9.17) is 9.47 Å². The van der Waals surface area contributed by atoms with Crippen molar-refractivity contribution in [1.29, 1.82) is 0 Å². The molecule has 196 valence electrons. The number of halogens is 2. The Kier molecular flexibility index (Phi) is 5.44. The molecule has 0 bridgehead atoms. The Balaban J connectivity index is 1.28. The van der Waals surface area contributed by atoms with Crippen LogP contribution in [0.25, 0.3) is 0 Å². The second-order valence-corrected chi connectivity index (χ2v) is 9.62. The van der Waals surface area contributed by atoms with Crippen molar-refractivity contribution in [3.63, 3.8) is 0 Å². The number of alkyl halides is 2. The maximum Gasteiger partial charge on any atom is 0.586 e. The lowest BCUT2D eigenvalue weighted by atomic mass is 9.90. The number of phenols is 1. The summed E-state index contributed by atoms with van der Waals surface area (Å²) in [7, 11) is 1.30. The summed E-state index contributed by atoms with van der Waals surface area (Å²) >= 11 is 0. The van der Waals surface area contributed by atoms with Crippen LogP contribution in [0.4, 0.5) is 8.78 Å². The molecule has 1 amide bonds. The van der Waals surface area contributed by atoms with E-state index in [2.05, 4.69) is 14.8 Å². The number of methoxy groups -OCH3 is 1. The highest BCUT2D eigenvalue weighted by Crippen LogP contribution is 2.53. The third kappa shape index (κ3) is 4.15. The highest BCUT2D eigenvalue weighted by Gasteiger charge is 2.53. The van der Waals surface area contributed by atoms with E-state index in [-0.39, 0.29) is 23.2 Å². The number of hydrogen-bond acceptors (Lipinski definition) is 7. The maximum atomic E-state index is 13.6. The van der Waals surface area contributed by atoms with Crippen molar-refractivity contribution in [1.82, 2.24) is 5.32 Å². The number of ether oxygens (including phenoxy) is 4. The number of rotatable bonds is 5. The van der Waals surface area contributed by atoms with Crippen molar-refractivity contribution in [3.05, 3.63) is 82.9 Å². The van der Waals surface area contributed by atoms with Gasteiger partial charge >= 0.3 is 12.3 Å². The zero-order chi connectivity index (χ0) is 26.7. The van der Waals surface area contributed by atoms with Crippen molar-refractivity contribution in [2.24, 2.45) is 0 Å². The SMILES string of the molecule is COC(=O)c1cccc([C@H]2C[C@@H](NC(=O)C3(c4ccc5c(c4)OC(F)(F)O5)CC3)c3ccc(O)cc3O2)c1. The van der Waals surface area contributed by atoms with Crippen LogP contribution >= 0.6 is 0 Å². The van der Waals surface area contributed by atoms with E-state index in [1.165, 1.54) is 31.4 Å². The van der Waals surface area contributed by atoms with Gasteiger partial charge in [0, 0.05) is 18.1 Å². The summed E-state index contributed by atoms with van der Waals surface area (Å²) in [5.41, 5.74) is 1.44. The normalized spacial score (nSPS) is 21.6. The van der Waals surface area contributed by atoms with E-state index < -0.39 is 29.8 Å². The van der Waals surface area contributed by atoms with E-state index >= 15 is 0 Å². The van der Waals surface area contributed by atoms with Crippen LogP contribution in [0.15, 0.2) is 60.7 Å². The Bertz CT molecular complexity index is 1450. The molecule has 0 aromatic heterocycles. The first-order valence-electron chi connectivity index (χ1n) is 12.1. The quantitative estimate of drug-likeness (QED) is 0.458. The molecule has 0 spiro atoms. The van der Waals surface area contributed by atoms with Gasteiger partial charge in [0.25, 0.3) is 0 Å². The highest BCUT2D eigenvalue weighted by molar-refractivity contribution is 5.92. The minimum atomic E-state index is -3.74. The van der Waals surface area contributed by atoms with Gasteiger partial charge in [0.2, 0.25) is 5.91 Å². The van der Waals surface area contributed by atoms with Gasteiger partial charge in [0.1, 0.15) is 17.6 Å². The molecule has 3 aliphatic rings. The first kappa shape index (κ1) is 24.0. The molecule has 1 fully saturated rings. The Labute approximate surface area is 216 Å². The number of phenolic OH excluding ortho intramolecular Hbond substituents is 1. The number of aromatic hydroxyl groups is 1. The lowest BCUT2D eigenvalue weighted by molar-refractivity contribution is -0.286. The molecular formula is C28H23F2NO7. The molecule has 0 saturated heterocycles. The molecule has 38 heavy (non-hydrogen) atoms. The number of carbonyl (C=O) groups is 2. The molecule has 0 unspecified atom stereocenters. The first-order valence-corrected chi connectivity index (χ1v) is 12.1. The second-order valence-electron chi connectivity index (χ2n) is 9.62. The van der Waals surface area contributed by atoms with Gasteiger partial charge < -0.3 is 29.4 Å². The number of benzene rings is 3. The minimum Gasteiger partial charge on any atom is -0.508 e. The van der Waals surface area contributed by atoms with Crippen molar-refractivity contribution in [2.75, 3.05) is 7.11 Å². The number of carbonyl (C=O) groups excluding carboxylic acids is 2. The molecule has 2 heterocycles. The number of esters is 1. The van der Waals surface area contributed by atoms with Crippen LogP contribution in [0.2, 0.25) is 0 Å².